The van der Waals surface area contributed by atoms with Crippen molar-refractivity contribution in [1.29, 1.82) is 0 Å². The van der Waals surface area contributed by atoms with Crippen molar-refractivity contribution >= 4 is 40.6 Å². The molecule has 7 atom stereocenters. The quantitative estimate of drug-likeness (QED) is 0.0345. The molecule has 0 saturated heterocycles. The SMILES string of the molecule is C=Cc1ccc(OCCCCC2(C3=CC=CC=CC3)c3ccccc3-c3ccc(N(c4ccc(-c5ccccc5)cc4)c4ccc5c(c4)C4(c6ccccc6-5)c5ccccc5-c5ccc(N(c6ccc7c(c6)C(CCCCOc6ccc(C=C)cc6)(c6ccccc6)c6ccccc6-7)[C@@H](C)[C@@H](C)[C@](C)(/C=C\CC)C(C)/C=C\C)cc54)cc32)cc1. The third-order valence-electron chi connectivity index (χ3n) is 27.4. The van der Waals surface area contributed by atoms with Gasteiger partial charge in [0.15, 0.2) is 0 Å². The molecule has 0 saturated carbocycles. The molecule has 0 amide bonds. The number of nitrogens with zero attached hydrogens (tertiary/aromatic N) is 2. The lowest BCUT2D eigenvalue weighted by molar-refractivity contribution is 0.186. The molecule has 0 N–H and O–H groups in total. The molecule has 0 aromatic heterocycles. The highest BCUT2D eigenvalue weighted by Gasteiger charge is 2.54. The molecule has 13 aromatic rings. The van der Waals surface area contributed by atoms with Crippen LogP contribution in [-0.4, -0.2) is 19.3 Å². The lowest BCUT2D eigenvalue weighted by Crippen LogP contribution is -2.44. The van der Waals surface area contributed by atoms with Crippen molar-refractivity contribution in [2.75, 3.05) is 23.0 Å². The molecule has 4 nitrogen and oxygen atoms in total. The minimum absolute atomic E-state index is 0.0138. The first-order valence-corrected chi connectivity index (χ1v) is 43.3. The molecule has 0 heterocycles. The fourth-order valence-electron chi connectivity index (χ4n) is 21.1. The maximum atomic E-state index is 6.49. The second-order valence-electron chi connectivity index (χ2n) is 33.5. The third kappa shape index (κ3) is 13.5. The first-order chi connectivity index (χ1) is 58.4. The Kier molecular flexibility index (Phi) is 21.5. The minimum Gasteiger partial charge on any atom is -0.494 e. The zero-order chi connectivity index (χ0) is 81.2. The van der Waals surface area contributed by atoms with Gasteiger partial charge in [-0.15, -0.1) is 0 Å². The number of hydrogen-bond acceptors (Lipinski definition) is 4. The van der Waals surface area contributed by atoms with Gasteiger partial charge in [-0.25, -0.2) is 0 Å². The molecule has 0 bridgehead atoms. The van der Waals surface area contributed by atoms with Gasteiger partial charge in [-0.05, 0) is 284 Å². The third-order valence-corrected chi connectivity index (χ3v) is 27.4. The van der Waals surface area contributed by atoms with Crippen LogP contribution in [0.3, 0.4) is 0 Å². The predicted molar refractivity (Wildman–Crippen MR) is 502 cm³/mol. The summed E-state index contributed by atoms with van der Waals surface area (Å²) in [4.78, 5) is 5.32. The van der Waals surface area contributed by atoms with E-state index in [9.17, 15) is 0 Å². The van der Waals surface area contributed by atoms with Crippen LogP contribution in [0.15, 0.2) is 377 Å². The van der Waals surface area contributed by atoms with Crippen LogP contribution in [0.4, 0.5) is 28.4 Å². The number of allylic oxidation sites excluding steroid dienone is 10. The summed E-state index contributed by atoms with van der Waals surface area (Å²) in [5.41, 5.74) is 31.8. The van der Waals surface area contributed by atoms with E-state index < -0.39 is 16.2 Å². The smallest absolute Gasteiger partial charge is 0.119 e. The van der Waals surface area contributed by atoms with E-state index in [1.807, 2.05) is 12.2 Å². The van der Waals surface area contributed by atoms with Crippen molar-refractivity contribution in [1.82, 2.24) is 0 Å². The Labute approximate surface area is 706 Å². The number of fused-ring (bicyclic) bond motifs is 16. The van der Waals surface area contributed by atoms with Gasteiger partial charge < -0.3 is 19.3 Å². The Morgan fingerprint density at radius 1 is 0.420 bits per heavy atom. The zero-order valence-corrected chi connectivity index (χ0v) is 69.6. The molecular weight excluding hydrogens is 1440 g/mol. The summed E-state index contributed by atoms with van der Waals surface area (Å²) in [5, 5.41) is 0. The van der Waals surface area contributed by atoms with E-state index in [-0.39, 0.29) is 23.3 Å². The summed E-state index contributed by atoms with van der Waals surface area (Å²) in [7, 11) is 0. The molecule has 0 radical (unpaired) electrons. The number of anilines is 5. The predicted octanol–water partition coefficient (Wildman–Crippen LogP) is 30.3. The van der Waals surface area contributed by atoms with Crippen LogP contribution in [0.5, 0.6) is 11.5 Å². The highest BCUT2D eigenvalue weighted by molar-refractivity contribution is 5.98. The summed E-state index contributed by atoms with van der Waals surface area (Å²) in [5.74, 6) is 2.17. The number of hydrogen-bond donors (Lipinski definition) is 0. The van der Waals surface area contributed by atoms with E-state index >= 15 is 0 Å². The largest absolute Gasteiger partial charge is 0.494 e. The summed E-state index contributed by atoms with van der Waals surface area (Å²) < 4.78 is 13.0. The molecule has 5 aliphatic rings. The second-order valence-corrected chi connectivity index (χ2v) is 33.5. The van der Waals surface area contributed by atoms with Crippen LogP contribution in [0.25, 0.3) is 67.8 Å². The number of unbranched alkanes of at least 4 members (excludes halogenated alkanes) is 2. The van der Waals surface area contributed by atoms with Crippen LogP contribution in [0.2, 0.25) is 0 Å². The maximum Gasteiger partial charge on any atom is 0.119 e. The van der Waals surface area contributed by atoms with Crippen LogP contribution in [0, 0.1) is 17.3 Å². The number of rotatable bonds is 29. The van der Waals surface area contributed by atoms with E-state index in [0.717, 1.165) is 91.1 Å². The van der Waals surface area contributed by atoms with Crippen LogP contribution < -0.4 is 19.3 Å². The molecule has 1 spiro atoms. The first-order valence-electron chi connectivity index (χ1n) is 43.3. The van der Waals surface area contributed by atoms with Crippen LogP contribution in [0.1, 0.15) is 154 Å². The van der Waals surface area contributed by atoms with Crippen molar-refractivity contribution in [2.24, 2.45) is 17.3 Å². The average molecular weight is 1550 g/mol. The van der Waals surface area contributed by atoms with Gasteiger partial charge in [0.25, 0.3) is 0 Å². The normalized spacial score (nSPS) is 18.0. The van der Waals surface area contributed by atoms with Crippen molar-refractivity contribution in [3.8, 4) is 67.1 Å². The Hall–Kier alpha value is -12.8. The van der Waals surface area contributed by atoms with Gasteiger partial charge in [0.1, 0.15) is 11.5 Å². The Balaban J connectivity index is 0.809. The molecule has 13 aromatic carbocycles. The zero-order valence-electron chi connectivity index (χ0n) is 69.6. The van der Waals surface area contributed by atoms with Gasteiger partial charge in [-0.2, -0.15) is 0 Å². The molecule has 5 aliphatic carbocycles. The van der Waals surface area contributed by atoms with E-state index in [4.69, 9.17) is 9.47 Å². The minimum atomic E-state index is -0.729. The Morgan fingerprint density at radius 3 is 1.39 bits per heavy atom. The van der Waals surface area contributed by atoms with Crippen LogP contribution >= 0.6 is 0 Å². The maximum absolute atomic E-state index is 6.49. The summed E-state index contributed by atoms with van der Waals surface area (Å²) in [6, 6.07) is 115. The molecule has 0 fully saturated rings. The Bertz CT molecular complexity index is 6090. The van der Waals surface area contributed by atoms with Crippen molar-refractivity contribution in [3.63, 3.8) is 0 Å². The molecule has 4 heteroatoms. The lowest BCUT2D eigenvalue weighted by Gasteiger charge is -2.45. The topological polar surface area (TPSA) is 24.9 Å². The molecule has 18 rings (SSSR count). The van der Waals surface area contributed by atoms with Gasteiger partial charge in [-0.3, -0.25) is 0 Å². The Morgan fingerprint density at radius 2 is 0.849 bits per heavy atom. The van der Waals surface area contributed by atoms with E-state index in [1.165, 1.54) is 123 Å². The summed E-state index contributed by atoms with van der Waals surface area (Å²) in [6.45, 7) is 23.6. The van der Waals surface area contributed by atoms with Crippen molar-refractivity contribution < 1.29 is 9.47 Å². The molecular formula is C115H106N2O2. The highest BCUT2D eigenvalue weighted by Crippen LogP contribution is 2.66. The average Bonchev–Trinajstić information content (AvgIpc) is 1.52. The van der Waals surface area contributed by atoms with E-state index in [0.29, 0.717) is 13.2 Å². The number of benzene rings is 13. The summed E-state index contributed by atoms with van der Waals surface area (Å²) >= 11 is 0. The highest BCUT2D eigenvalue weighted by atomic mass is 16.5. The van der Waals surface area contributed by atoms with Gasteiger partial charge in [0.2, 0.25) is 0 Å². The second kappa shape index (κ2) is 33.0. The fraction of sp³-hybridized carbons (Fsp3) is 0.200. The van der Waals surface area contributed by atoms with Gasteiger partial charge >= 0.3 is 0 Å². The van der Waals surface area contributed by atoms with Gasteiger partial charge in [0.05, 0.1) is 18.6 Å². The van der Waals surface area contributed by atoms with Gasteiger partial charge in [-0.1, -0.05) is 332 Å². The summed E-state index contributed by atoms with van der Waals surface area (Å²) in [6.07, 6.45) is 32.2. The van der Waals surface area contributed by atoms with Gasteiger partial charge in [0, 0.05) is 45.3 Å². The van der Waals surface area contributed by atoms with Crippen molar-refractivity contribution in [3.05, 3.63) is 438 Å². The standard InChI is InChI=1S/C115H106N2O2/c1-9-13-71-112(8,80(5)36-10-2)81(6)82(7)116(90-59-67-100-96-43-24-28-47-104(96)113(108(100)76-90,88-41-22-17-23-42-88)72-32-34-74-118-94-63-51-83(11-3)52-64-94)91-60-69-102-98-45-26-30-49-106(98)115(110(102)78-91)107-50-31-27-46-99(107)103-70-62-93(79-111(103)115)117(89-57-55-86(56-58-89)85-37-18-16-19-38-85)92-61-68-101-97-44-25-29-48-105(97)114(109(101)77-92,87-39-20-14-15-21-40-87)73-33-35-75-119-95-65-53-84(12-4)54-66-95/h10-31,36-39,41-71,76-82H,3-4,9,32-35,40,72-75H2,1-2,5-8H3/b36-10-,71-13-/t80?,81-,82+,112-,113?,114?,115?/m1/s1. The lowest BCUT2D eigenvalue weighted by atomic mass is 9.66. The fourth-order valence-corrected chi connectivity index (χ4v) is 21.1. The molecule has 4 unspecified atom stereocenters. The first kappa shape index (κ1) is 77.5. The van der Waals surface area contributed by atoms with E-state index in [1.54, 1.807) is 0 Å². The molecule has 0 aliphatic heterocycles. The monoisotopic (exact) mass is 1550 g/mol. The van der Waals surface area contributed by atoms with Crippen molar-refractivity contribution in [2.45, 2.75) is 115 Å². The molecule has 588 valence electrons. The molecule has 119 heavy (non-hydrogen) atoms. The number of ether oxygens (including phenoxy) is 2. The van der Waals surface area contributed by atoms with E-state index in [2.05, 4.69) is 423 Å². The van der Waals surface area contributed by atoms with Crippen LogP contribution in [-0.2, 0) is 16.2 Å².